The van der Waals surface area contributed by atoms with Gasteiger partial charge in [0.1, 0.15) is 5.69 Å². The second-order valence-electron chi connectivity index (χ2n) is 6.74. The van der Waals surface area contributed by atoms with E-state index in [0.29, 0.717) is 16.8 Å². The number of nitrogens with one attached hydrogen (secondary N) is 2. The van der Waals surface area contributed by atoms with Crippen molar-refractivity contribution in [2.75, 3.05) is 0 Å². The van der Waals surface area contributed by atoms with Gasteiger partial charge in [-0.15, -0.1) is 10.2 Å². The number of hydrogen-bond acceptors (Lipinski definition) is 4. The molecule has 0 unspecified atom stereocenters. The lowest BCUT2D eigenvalue weighted by Crippen LogP contribution is -2.23. The van der Waals surface area contributed by atoms with Gasteiger partial charge in [-0.2, -0.15) is 0 Å². The molecule has 2 heterocycles. The predicted molar refractivity (Wildman–Crippen MR) is 105 cm³/mol. The van der Waals surface area contributed by atoms with E-state index in [9.17, 15) is 9.59 Å². The summed E-state index contributed by atoms with van der Waals surface area (Å²) in [6.07, 6.45) is 6.60. The lowest BCUT2D eigenvalue weighted by atomic mass is 10.1. The van der Waals surface area contributed by atoms with Crippen molar-refractivity contribution in [3.05, 3.63) is 85.3 Å². The molecular formula is C20H17ClN4O2. The van der Waals surface area contributed by atoms with Crippen molar-refractivity contribution in [1.29, 1.82) is 0 Å². The van der Waals surface area contributed by atoms with E-state index in [1.54, 1.807) is 6.07 Å². The Morgan fingerprint density at radius 1 is 1.19 bits per heavy atom. The molecule has 3 aromatic rings. The Morgan fingerprint density at radius 3 is 2.70 bits per heavy atom. The highest BCUT2D eigenvalue weighted by Crippen LogP contribution is 2.50. The second-order valence-corrected chi connectivity index (χ2v) is 7.10. The first-order valence-corrected chi connectivity index (χ1v) is 8.99. The Hall–Kier alpha value is -2.99. The first kappa shape index (κ1) is 17.4. The van der Waals surface area contributed by atoms with Crippen LogP contribution >= 0.6 is 11.6 Å². The molecule has 0 amide bonds. The molecule has 0 spiro atoms. The Labute approximate surface area is 160 Å². The minimum Gasteiger partial charge on any atom is -0.313 e. The topological polar surface area (TPSA) is 91.5 Å². The van der Waals surface area contributed by atoms with Crippen LogP contribution in [-0.4, -0.2) is 20.2 Å². The van der Waals surface area contributed by atoms with Crippen LogP contribution in [0.3, 0.4) is 0 Å². The van der Waals surface area contributed by atoms with Crippen LogP contribution < -0.4 is 11.2 Å². The molecule has 1 saturated carbocycles. The molecule has 1 fully saturated rings. The summed E-state index contributed by atoms with van der Waals surface area (Å²) in [6, 6.07) is 10.1. The molecule has 0 aliphatic heterocycles. The standard InChI is InChI=1S/C20H17ClN4O2/c1-11-2-4-12(5-3-11)6-7-13-8-14(13)15-9-17(24-25-18(15)21)16-10-22-20(27)23-19(16)26/h2-7,9-10,13-14H,8H2,1H3,(H2,22,23,26,27)/b7-6+/t13-,14-/m0/s1. The molecule has 2 atom stereocenters. The molecule has 2 aromatic heterocycles. The maximum Gasteiger partial charge on any atom is 0.325 e. The van der Waals surface area contributed by atoms with Crippen LogP contribution in [0.1, 0.15) is 29.0 Å². The number of aryl methyl sites for hydroxylation is 1. The van der Waals surface area contributed by atoms with E-state index < -0.39 is 11.2 Å². The predicted octanol–water partition coefficient (Wildman–Crippen LogP) is 3.30. The normalized spacial score (nSPS) is 18.7. The molecule has 2 N–H and O–H groups in total. The largest absolute Gasteiger partial charge is 0.325 e. The molecule has 1 aliphatic rings. The zero-order valence-corrected chi connectivity index (χ0v) is 15.3. The zero-order chi connectivity index (χ0) is 19.0. The third kappa shape index (κ3) is 3.75. The third-order valence-corrected chi connectivity index (χ3v) is 5.02. The Kier molecular flexibility index (Phi) is 4.49. The van der Waals surface area contributed by atoms with E-state index in [1.165, 1.54) is 11.8 Å². The van der Waals surface area contributed by atoms with Crippen molar-refractivity contribution in [2.24, 2.45) is 5.92 Å². The van der Waals surface area contributed by atoms with Crippen molar-refractivity contribution in [3.8, 4) is 11.3 Å². The summed E-state index contributed by atoms with van der Waals surface area (Å²) in [5.41, 5.74) is 2.84. The SMILES string of the molecule is Cc1ccc(/C=C/[C@H]2C[C@@H]2c2cc(-c3c[nH]c(=O)[nH]c3=O)nnc2Cl)cc1. The van der Waals surface area contributed by atoms with Gasteiger partial charge in [0.2, 0.25) is 0 Å². The van der Waals surface area contributed by atoms with Gasteiger partial charge in [0.25, 0.3) is 5.56 Å². The molecule has 0 radical (unpaired) electrons. The van der Waals surface area contributed by atoms with Gasteiger partial charge < -0.3 is 4.98 Å². The molecule has 1 aliphatic carbocycles. The van der Waals surface area contributed by atoms with Gasteiger partial charge in [0.15, 0.2) is 5.15 Å². The zero-order valence-electron chi connectivity index (χ0n) is 14.6. The molecule has 4 rings (SSSR count). The number of benzene rings is 1. The summed E-state index contributed by atoms with van der Waals surface area (Å²) in [6.45, 7) is 2.06. The van der Waals surface area contributed by atoms with Crippen molar-refractivity contribution in [3.63, 3.8) is 0 Å². The van der Waals surface area contributed by atoms with E-state index >= 15 is 0 Å². The monoisotopic (exact) mass is 380 g/mol. The summed E-state index contributed by atoms with van der Waals surface area (Å²) in [7, 11) is 0. The smallest absolute Gasteiger partial charge is 0.313 e. The minimum absolute atomic E-state index is 0.246. The maximum atomic E-state index is 12.0. The summed E-state index contributed by atoms with van der Waals surface area (Å²) in [5.74, 6) is 0.616. The molecule has 6 nitrogen and oxygen atoms in total. The number of nitrogens with zero attached hydrogens (tertiary/aromatic N) is 2. The van der Waals surface area contributed by atoms with Crippen LogP contribution in [0.25, 0.3) is 17.3 Å². The van der Waals surface area contributed by atoms with Crippen molar-refractivity contribution in [2.45, 2.75) is 19.3 Å². The van der Waals surface area contributed by atoms with Crippen LogP contribution in [0, 0.1) is 12.8 Å². The van der Waals surface area contributed by atoms with E-state index in [4.69, 9.17) is 11.6 Å². The van der Waals surface area contributed by atoms with Crippen molar-refractivity contribution >= 4 is 17.7 Å². The van der Waals surface area contributed by atoms with E-state index in [-0.39, 0.29) is 11.5 Å². The highest BCUT2D eigenvalue weighted by atomic mass is 35.5. The van der Waals surface area contributed by atoms with Gasteiger partial charge in [-0.1, -0.05) is 53.6 Å². The van der Waals surface area contributed by atoms with Crippen LogP contribution in [0.4, 0.5) is 0 Å². The van der Waals surface area contributed by atoms with E-state index in [0.717, 1.165) is 17.5 Å². The summed E-state index contributed by atoms with van der Waals surface area (Å²) >= 11 is 6.24. The molecular weight excluding hydrogens is 364 g/mol. The summed E-state index contributed by atoms with van der Waals surface area (Å²) in [5, 5.41) is 8.33. The van der Waals surface area contributed by atoms with E-state index in [1.807, 2.05) is 0 Å². The van der Waals surface area contributed by atoms with Gasteiger partial charge in [-0.3, -0.25) is 9.78 Å². The fourth-order valence-corrected chi connectivity index (χ4v) is 3.31. The molecule has 0 saturated heterocycles. The van der Waals surface area contributed by atoms with Crippen LogP contribution in [0.2, 0.25) is 5.15 Å². The Balaban J connectivity index is 1.57. The average molecular weight is 381 g/mol. The number of allylic oxidation sites excluding steroid dienone is 1. The van der Waals surface area contributed by atoms with Gasteiger partial charge in [0.05, 0.1) is 5.56 Å². The lowest BCUT2D eigenvalue weighted by molar-refractivity contribution is 0.947. The quantitative estimate of drug-likeness (QED) is 0.726. The van der Waals surface area contributed by atoms with Crippen LogP contribution in [0.15, 0.2) is 52.2 Å². The van der Waals surface area contributed by atoms with Gasteiger partial charge in [0, 0.05) is 6.20 Å². The number of H-pyrrole nitrogens is 2. The highest BCUT2D eigenvalue weighted by Gasteiger charge is 2.38. The van der Waals surface area contributed by atoms with Crippen molar-refractivity contribution < 1.29 is 0 Å². The fraction of sp³-hybridized carbons (Fsp3) is 0.200. The number of aromatic amines is 2. The summed E-state index contributed by atoms with van der Waals surface area (Å²) in [4.78, 5) is 27.8. The number of aromatic nitrogens is 4. The number of rotatable bonds is 4. The molecule has 27 heavy (non-hydrogen) atoms. The Morgan fingerprint density at radius 2 is 1.96 bits per heavy atom. The molecule has 7 heteroatoms. The maximum absolute atomic E-state index is 12.0. The van der Waals surface area contributed by atoms with Gasteiger partial charge in [-0.25, -0.2) is 4.79 Å². The van der Waals surface area contributed by atoms with E-state index in [2.05, 4.69) is 63.5 Å². The highest BCUT2D eigenvalue weighted by molar-refractivity contribution is 6.30. The lowest BCUT2D eigenvalue weighted by Gasteiger charge is -2.04. The number of hydrogen-bond donors (Lipinski definition) is 2. The Bertz CT molecular complexity index is 1130. The van der Waals surface area contributed by atoms with Crippen molar-refractivity contribution in [1.82, 2.24) is 20.2 Å². The average Bonchev–Trinajstić information content (AvgIpc) is 3.41. The summed E-state index contributed by atoms with van der Waals surface area (Å²) < 4.78 is 0. The molecule has 136 valence electrons. The van der Waals surface area contributed by atoms with Crippen LogP contribution in [0.5, 0.6) is 0 Å². The van der Waals surface area contributed by atoms with Gasteiger partial charge in [-0.05, 0) is 42.4 Å². The third-order valence-electron chi connectivity index (χ3n) is 4.72. The van der Waals surface area contributed by atoms with Crippen LogP contribution in [-0.2, 0) is 0 Å². The number of halogens is 1. The fourth-order valence-electron chi connectivity index (χ4n) is 3.08. The molecule has 0 bridgehead atoms. The minimum atomic E-state index is -0.561. The molecule has 1 aromatic carbocycles. The second kappa shape index (κ2) is 6.96. The first-order chi connectivity index (χ1) is 13.0. The van der Waals surface area contributed by atoms with Gasteiger partial charge >= 0.3 is 5.69 Å². The first-order valence-electron chi connectivity index (χ1n) is 8.61.